The van der Waals surface area contributed by atoms with E-state index in [0.29, 0.717) is 30.5 Å². The molecule has 2 rings (SSSR count). The number of hydrogen-bond donors (Lipinski definition) is 0. The van der Waals surface area contributed by atoms with Gasteiger partial charge in [0.25, 0.3) is 5.91 Å². The summed E-state index contributed by atoms with van der Waals surface area (Å²) in [7, 11) is 2.93. The molecule has 0 saturated carbocycles. The van der Waals surface area contributed by atoms with Crippen LogP contribution in [0.1, 0.15) is 20.8 Å². The van der Waals surface area contributed by atoms with Gasteiger partial charge < -0.3 is 18.9 Å². The topological polar surface area (TPSA) is 99.0 Å². The lowest BCUT2D eigenvalue weighted by molar-refractivity contribution is -0.126. The van der Waals surface area contributed by atoms with Crippen molar-refractivity contribution in [3.63, 3.8) is 0 Å². The summed E-state index contributed by atoms with van der Waals surface area (Å²) in [6, 6.07) is 6.30. The number of nitrogens with zero attached hydrogens (tertiary/aromatic N) is 3. The van der Waals surface area contributed by atoms with Crippen LogP contribution in [-0.4, -0.2) is 45.2 Å². The fourth-order valence-electron chi connectivity index (χ4n) is 2.76. The van der Waals surface area contributed by atoms with E-state index in [-0.39, 0.29) is 22.1 Å². The van der Waals surface area contributed by atoms with Gasteiger partial charge in [-0.3, -0.25) is 9.59 Å². The first-order valence-electron chi connectivity index (χ1n) is 10.00. The Morgan fingerprint density at radius 1 is 1.00 bits per heavy atom. The molecule has 0 spiro atoms. The number of rotatable bonds is 11. The number of ketones is 1. The van der Waals surface area contributed by atoms with E-state index in [2.05, 4.69) is 10.2 Å². The van der Waals surface area contributed by atoms with E-state index in [1.165, 1.54) is 27.2 Å². The highest BCUT2D eigenvalue weighted by Gasteiger charge is 2.29. The van der Waals surface area contributed by atoms with Crippen LogP contribution in [0.25, 0.3) is 0 Å². The van der Waals surface area contributed by atoms with Crippen molar-refractivity contribution in [3.05, 3.63) is 35.4 Å². The molecule has 0 aliphatic rings. The fraction of sp³-hybridized carbons (Fsp3) is 0.364. The number of benzene rings is 2. The summed E-state index contributed by atoms with van der Waals surface area (Å²) in [5, 5.41) is 8.21. The number of Topliss-reactive ketones (excluding diaryl/α,β-unsaturated/α-hetero) is 1. The SMILES string of the molecule is CCOc1ccc(N=NC(C(C)=O)C(=O)N(Cl)c2ccc(OC)c(OC)c2)c(OCC)c1Cl. The van der Waals surface area contributed by atoms with Gasteiger partial charge in [-0.05, 0) is 45.0 Å². The highest BCUT2D eigenvalue weighted by molar-refractivity contribution is 6.39. The molecule has 0 N–H and O–H groups in total. The van der Waals surface area contributed by atoms with Gasteiger partial charge in [0.2, 0.25) is 6.04 Å². The number of carbonyl (C=O) groups is 2. The Hall–Kier alpha value is -3.04. The number of anilines is 1. The minimum Gasteiger partial charge on any atom is -0.493 e. The second kappa shape index (κ2) is 12.3. The monoisotopic (exact) mass is 497 g/mol. The average molecular weight is 498 g/mol. The highest BCUT2D eigenvalue weighted by Crippen LogP contribution is 2.42. The van der Waals surface area contributed by atoms with E-state index in [9.17, 15) is 9.59 Å². The van der Waals surface area contributed by atoms with Gasteiger partial charge in [0.1, 0.15) is 16.5 Å². The first-order valence-corrected chi connectivity index (χ1v) is 10.7. The largest absolute Gasteiger partial charge is 0.493 e. The molecule has 1 unspecified atom stereocenters. The standard InChI is InChI=1S/C22H25Cl2N3O6/c1-6-32-17-11-9-15(21(19(17)23)33-7-2)25-26-20(13(3)28)22(29)27(24)14-8-10-16(30-4)18(12-14)31-5/h8-12,20H,6-7H2,1-5H3. The van der Waals surface area contributed by atoms with E-state index < -0.39 is 17.7 Å². The summed E-state index contributed by atoms with van der Waals surface area (Å²) in [5.74, 6) is 0.115. The minimum absolute atomic E-state index is 0.213. The van der Waals surface area contributed by atoms with Gasteiger partial charge in [0, 0.05) is 17.8 Å². The third-order valence-electron chi connectivity index (χ3n) is 4.32. The van der Waals surface area contributed by atoms with Crippen LogP contribution in [-0.2, 0) is 9.59 Å². The second-order valence-corrected chi connectivity index (χ2v) is 7.19. The third-order valence-corrected chi connectivity index (χ3v) is 5.04. The molecule has 0 fully saturated rings. The third kappa shape index (κ3) is 6.27. The molecule has 11 heteroatoms. The minimum atomic E-state index is -1.49. The van der Waals surface area contributed by atoms with E-state index in [0.717, 1.165) is 4.42 Å². The van der Waals surface area contributed by atoms with Crippen molar-refractivity contribution in [1.82, 2.24) is 0 Å². The molecular weight excluding hydrogens is 473 g/mol. The maximum absolute atomic E-state index is 12.9. The van der Waals surface area contributed by atoms with E-state index in [4.69, 9.17) is 42.3 Å². The van der Waals surface area contributed by atoms with Crippen molar-refractivity contribution in [2.45, 2.75) is 26.8 Å². The average Bonchev–Trinajstić information content (AvgIpc) is 2.81. The number of azo groups is 1. The summed E-state index contributed by atoms with van der Waals surface area (Å²) in [6.45, 7) is 5.54. The van der Waals surface area contributed by atoms with Crippen molar-refractivity contribution in [1.29, 1.82) is 0 Å². The number of ether oxygens (including phenoxy) is 4. The van der Waals surface area contributed by atoms with Crippen LogP contribution in [0.5, 0.6) is 23.0 Å². The van der Waals surface area contributed by atoms with Crippen molar-refractivity contribution >= 4 is 46.4 Å². The van der Waals surface area contributed by atoms with Gasteiger partial charge in [0.15, 0.2) is 23.0 Å². The molecule has 1 amide bonds. The highest BCUT2D eigenvalue weighted by atomic mass is 35.5. The van der Waals surface area contributed by atoms with Crippen molar-refractivity contribution < 1.29 is 28.5 Å². The van der Waals surface area contributed by atoms with Gasteiger partial charge in [-0.25, -0.2) is 4.42 Å². The van der Waals surface area contributed by atoms with Crippen molar-refractivity contribution in [2.75, 3.05) is 31.9 Å². The van der Waals surface area contributed by atoms with Gasteiger partial charge in [0.05, 0.1) is 33.1 Å². The van der Waals surface area contributed by atoms with Gasteiger partial charge in [-0.15, -0.1) is 0 Å². The van der Waals surface area contributed by atoms with Crippen LogP contribution in [0.4, 0.5) is 11.4 Å². The lowest BCUT2D eigenvalue weighted by atomic mass is 10.2. The van der Waals surface area contributed by atoms with Crippen LogP contribution < -0.4 is 23.4 Å². The molecular formula is C22H25Cl2N3O6. The Morgan fingerprint density at radius 3 is 2.21 bits per heavy atom. The normalized spacial score (nSPS) is 11.7. The Balaban J connectivity index is 2.37. The zero-order valence-electron chi connectivity index (χ0n) is 18.9. The summed E-state index contributed by atoms with van der Waals surface area (Å²) in [6.07, 6.45) is 0. The van der Waals surface area contributed by atoms with Crippen molar-refractivity contribution in [2.24, 2.45) is 10.2 Å². The Kier molecular flexibility index (Phi) is 9.74. The molecule has 0 aliphatic heterocycles. The van der Waals surface area contributed by atoms with Crippen LogP contribution in [0.3, 0.4) is 0 Å². The summed E-state index contributed by atoms with van der Waals surface area (Å²) >= 11 is 12.6. The molecule has 0 radical (unpaired) electrons. The zero-order chi connectivity index (χ0) is 24.5. The van der Waals surface area contributed by atoms with Crippen LogP contribution in [0.2, 0.25) is 5.02 Å². The number of hydrogen-bond acceptors (Lipinski definition) is 8. The van der Waals surface area contributed by atoms with E-state index >= 15 is 0 Å². The number of methoxy groups -OCH3 is 2. The molecule has 0 aromatic heterocycles. The number of halogens is 2. The molecule has 178 valence electrons. The molecule has 2 aromatic carbocycles. The van der Waals surface area contributed by atoms with Crippen LogP contribution in [0.15, 0.2) is 40.6 Å². The number of carbonyl (C=O) groups excluding carboxylic acids is 2. The fourth-order valence-corrected chi connectivity index (χ4v) is 3.23. The van der Waals surface area contributed by atoms with Gasteiger partial charge in [-0.2, -0.15) is 10.2 Å². The molecule has 0 bridgehead atoms. The lowest BCUT2D eigenvalue weighted by Gasteiger charge is -2.18. The first kappa shape index (κ1) is 26.2. The molecule has 1 atom stereocenters. The zero-order valence-corrected chi connectivity index (χ0v) is 20.4. The maximum Gasteiger partial charge on any atom is 0.276 e. The molecule has 0 heterocycles. The Labute approximate surface area is 202 Å². The van der Waals surface area contributed by atoms with Gasteiger partial charge >= 0.3 is 0 Å². The Morgan fingerprint density at radius 2 is 1.64 bits per heavy atom. The van der Waals surface area contributed by atoms with Gasteiger partial charge in [-0.1, -0.05) is 11.6 Å². The number of amides is 1. The van der Waals surface area contributed by atoms with Crippen LogP contribution >= 0.6 is 23.4 Å². The van der Waals surface area contributed by atoms with Crippen LogP contribution in [0, 0.1) is 0 Å². The first-order chi connectivity index (χ1) is 15.8. The smallest absolute Gasteiger partial charge is 0.276 e. The molecule has 0 aliphatic carbocycles. The Bertz CT molecular complexity index is 1030. The summed E-state index contributed by atoms with van der Waals surface area (Å²) < 4.78 is 22.2. The lowest BCUT2D eigenvalue weighted by Crippen LogP contribution is -2.36. The summed E-state index contributed by atoms with van der Waals surface area (Å²) in [5.41, 5.74) is 0.497. The maximum atomic E-state index is 12.9. The van der Waals surface area contributed by atoms with Crippen molar-refractivity contribution in [3.8, 4) is 23.0 Å². The molecule has 9 nitrogen and oxygen atoms in total. The molecule has 2 aromatic rings. The predicted octanol–water partition coefficient (Wildman–Crippen LogP) is 5.38. The molecule has 0 saturated heterocycles. The molecule has 33 heavy (non-hydrogen) atoms. The summed E-state index contributed by atoms with van der Waals surface area (Å²) in [4.78, 5) is 25.1. The predicted molar refractivity (Wildman–Crippen MR) is 126 cm³/mol. The van der Waals surface area contributed by atoms with E-state index in [1.54, 1.807) is 31.2 Å². The quantitative estimate of drug-likeness (QED) is 0.234. The second-order valence-electron chi connectivity index (χ2n) is 6.48. The van der Waals surface area contributed by atoms with E-state index in [1.807, 2.05) is 6.92 Å².